The molecule has 1 aliphatic carbocycles. The van der Waals surface area contributed by atoms with Crippen LogP contribution in [0.25, 0.3) is 0 Å². The van der Waals surface area contributed by atoms with Crippen molar-refractivity contribution in [3.05, 3.63) is 0 Å². The van der Waals surface area contributed by atoms with Crippen molar-refractivity contribution in [2.24, 2.45) is 0 Å². The van der Waals surface area contributed by atoms with Gasteiger partial charge in [0.2, 0.25) is 0 Å². The van der Waals surface area contributed by atoms with E-state index in [1.807, 2.05) is 0 Å². The third kappa shape index (κ3) is 2.65. The van der Waals surface area contributed by atoms with E-state index in [1.165, 1.54) is 19.3 Å². The van der Waals surface area contributed by atoms with Gasteiger partial charge >= 0.3 is 0 Å². The van der Waals surface area contributed by atoms with Crippen LogP contribution in [0.1, 0.15) is 19.3 Å². The minimum absolute atomic E-state index is 0. The fourth-order valence-electron chi connectivity index (χ4n) is 1.14. The molecule has 0 aliphatic heterocycles. The van der Waals surface area contributed by atoms with Gasteiger partial charge in [0, 0.05) is 18.5 Å². The Labute approximate surface area is 74.1 Å². The average molecular weight is 184 g/mol. The lowest BCUT2D eigenvalue weighted by atomic mass is 9.92. The maximum Gasteiger partial charge on any atom is 0.0351 e. The number of hydrogen-bond acceptors (Lipinski definition) is 1. The summed E-state index contributed by atoms with van der Waals surface area (Å²) in [5.41, 5.74) is 0. The minimum Gasteiger partial charge on any atom is -0.302 e. The van der Waals surface area contributed by atoms with Crippen molar-refractivity contribution >= 4 is 24.0 Å². The predicted molar refractivity (Wildman–Crippen MR) is 48.2 cm³/mol. The number of nitrogens with zero attached hydrogens (tertiary/aromatic N) is 1. The number of alkyl halides is 1. The number of rotatable bonds is 3. The second kappa shape index (κ2) is 5.22. The van der Waals surface area contributed by atoms with Crippen LogP contribution in [0, 0.1) is 0 Å². The predicted octanol–water partition coefficient (Wildman–Crippen LogP) is 2.13. The van der Waals surface area contributed by atoms with Gasteiger partial charge < -0.3 is 4.90 Å². The minimum atomic E-state index is 0. The monoisotopic (exact) mass is 183 g/mol. The van der Waals surface area contributed by atoms with Crippen molar-refractivity contribution in [1.29, 1.82) is 0 Å². The maximum atomic E-state index is 5.58. The third-order valence-corrected chi connectivity index (χ3v) is 2.30. The van der Waals surface area contributed by atoms with Crippen LogP contribution in [0.4, 0.5) is 0 Å². The Bertz CT molecular complexity index is 83.7. The van der Waals surface area contributed by atoms with E-state index in [-0.39, 0.29) is 12.4 Å². The number of hydrogen-bond donors (Lipinski definition) is 0. The summed E-state index contributed by atoms with van der Waals surface area (Å²) in [6.45, 7) is 1.05. The second-order valence-corrected chi connectivity index (χ2v) is 3.13. The molecule has 0 unspecified atom stereocenters. The van der Waals surface area contributed by atoms with Crippen molar-refractivity contribution in [3.8, 4) is 0 Å². The molecule has 1 saturated carbocycles. The molecule has 0 N–H and O–H groups in total. The fraction of sp³-hybridized carbons (Fsp3) is 1.00. The van der Waals surface area contributed by atoms with E-state index in [9.17, 15) is 0 Å². The highest BCUT2D eigenvalue weighted by atomic mass is 35.5. The summed E-state index contributed by atoms with van der Waals surface area (Å²) in [5.74, 6) is 0.771. The Kier molecular flexibility index (Phi) is 5.51. The second-order valence-electron chi connectivity index (χ2n) is 2.75. The molecular formula is C7H15Cl2N. The van der Waals surface area contributed by atoms with E-state index >= 15 is 0 Å². The molecule has 0 spiro atoms. The summed E-state index contributed by atoms with van der Waals surface area (Å²) < 4.78 is 0. The molecule has 10 heavy (non-hydrogen) atoms. The first-order valence-corrected chi connectivity index (χ1v) is 4.14. The molecule has 0 amide bonds. The lowest BCUT2D eigenvalue weighted by molar-refractivity contribution is 0.168. The van der Waals surface area contributed by atoms with Gasteiger partial charge in [-0.05, 0) is 19.9 Å². The first-order chi connectivity index (χ1) is 4.34. The van der Waals surface area contributed by atoms with Crippen LogP contribution < -0.4 is 0 Å². The van der Waals surface area contributed by atoms with Crippen molar-refractivity contribution in [2.45, 2.75) is 25.3 Å². The first-order valence-electron chi connectivity index (χ1n) is 3.61. The van der Waals surface area contributed by atoms with Crippen LogP contribution in [0.15, 0.2) is 0 Å². The van der Waals surface area contributed by atoms with E-state index in [1.54, 1.807) is 0 Å². The molecule has 0 bridgehead atoms. The zero-order valence-corrected chi connectivity index (χ0v) is 7.92. The molecule has 0 atom stereocenters. The molecule has 1 nitrogen and oxygen atoms in total. The highest BCUT2D eigenvalue weighted by Crippen LogP contribution is 2.22. The third-order valence-electron chi connectivity index (χ3n) is 2.14. The highest BCUT2D eigenvalue weighted by Gasteiger charge is 2.20. The van der Waals surface area contributed by atoms with Crippen LogP contribution in [0.5, 0.6) is 0 Å². The van der Waals surface area contributed by atoms with Gasteiger partial charge in [-0.25, -0.2) is 0 Å². The van der Waals surface area contributed by atoms with E-state index in [2.05, 4.69) is 11.9 Å². The van der Waals surface area contributed by atoms with Crippen LogP contribution in [0.3, 0.4) is 0 Å². The first kappa shape index (κ1) is 10.5. The lowest BCUT2D eigenvalue weighted by Crippen LogP contribution is -2.38. The molecule has 0 aromatic carbocycles. The molecular weight excluding hydrogens is 169 g/mol. The normalized spacial score (nSPS) is 18.3. The van der Waals surface area contributed by atoms with Gasteiger partial charge in [0.1, 0.15) is 0 Å². The van der Waals surface area contributed by atoms with Crippen molar-refractivity contribution < 1.29 is 0 Å². The Morgan fingerprint density at radius 1 is 1.50 bits per heavy atom. The van der Waals surface area contributed by atoms with E-state index < -0.39 is 0 Å². The quantitative estimate of drug-likeness (QED) is 0.607. The fourth-order valence-corrected chi connectivity index (χ4v) is 1.41. The Hall–Kier alpha value is 0.540. The SMILES string of the molecule is CN(CCCl)C1CCC1.Cl. The Balaban J connectivity index is 0.000000810. The summed E-state index contributed by atoms with van der Waals surface area (Å²) in [6, 6.07) is 0.851. The summed E-state index contributed by atoms with van der Waals surface area (Å²) >= 11 is 5.58. The van der Waals surface area contributed by atoms with Gasteiger partial charge in [-0.1, -0.05) is 6.42 Å². The van der Waals surface area contributed by atoms with Gasteiger partial charge in [0.05, 0.1) is 0 Å². The molecule has 1 fully saturated rings. The molecule has 1 aliphatic rings. The molecule has 0 aromatic heterocycles. The molecule has 0 aromatic rings. The largest absolute Gasteiger partial charge is 0.302 e. The zero-order valence-electron chi connectivity index (χ0n) is 6.35. The van der Waals surface area contributed by atoms with Crippen molar-refractivity contribution in [1.82, 2.24) is 4.90 Å². The van der Waals surface area contributed by atoms with Crippen LogP contribution in [-0.2, 0) is 0 Å². The van der Waals surface area contributed by atoms with E-state index in [0.29, 0.717) is 0 Å². The standard InChI is InChI=1S/C7H14ClN.ClH/c1-9(6-5-8)7-3-2-4-7;/h7H,2-6H2,1H3;1H. The van der Waals surface area contributed by atoms with Crippen molar-refractivity contribution in [3.63, 3.8) is 0 Å². The van der Waals surface area contributed by atoms with Crippen LogP contribution in [-0.4, -0.2) is 30.4 Å². The van der Waals surface area contributed by atoms with Crippen LogP contribution >= 0.6 is 24.0 Å². The van der Waals surface area contributed by atoms with Gasteiger partial charge in [-0.3, -0.25) is 0 Å². The van der Waals surface area contributed by atoms with Gasteiger partial charge in [-0.15, -0.1) is 24.0 Å². The van der Waals surface area contributed by atoms with E-state index in [0.717, 1.165) is 18.5 Å². The smallest absolute Gasteiger partial charge is 0.0351 e. The topological polar surface area (TPSA) is 3.24 Å². The summed E-state index contributed by atoms with van der Waals surface area (Å²) in [6.07, 6.45) is 4.18. The molecule has 0 radical (unpaired) electrons. The summed E-state index contributed by atoms with van der Waals surface area (Å²) in [4.78, 5) is 2.36. The molecule has 0 heterocycles. The molecule has 62 valence electrons. The Morgan fingerprint density at radius 3 is 2.40 bits per heavy atom. The summed E-state index contributed by atoms with van der Waals surface area (Å²) in [7, 11) is 2.16. The van der Waals surface area contributed by atoms with Crippen LogP contribution in [0.2, 0.25) is 0 Å². The van der Waals surface area contributed by atoms with Gasteiger partial charge in [-0.2, -0.15) is 0 Å². The lowest BCUT2D eigenvalue weighted by Gasteiger charge is -2.34. The molecule has 0 saturated heterocycles. The van der Waals surface area contributed by atoms with Gasteiger partial charge in [0.25, 0.3) is 0 Å². The zero-order chi connectivity index (χ0) is 6.69. The van der Waals surface area contributed by atoms with E-state index in [4.69, 9.17) is 11.6 Å². The Morgan fingerprint density at radius 2 is 2.10 bits per heavy atom. The van der Waals surface area contributed by atoms with Gasteiger partial charge in [0.15, 0.2) is 0 Å². The average Bonchev–Trinajstić information content (AvgIpc) is 1.60. The molecule has 3 heteroatoms. The molecule has 1 rings (SSSR count). The highest BCUT2D eigenvalue weighted by molar-refractivity contribution is 6.18. The number of halogens is 2. The maximum absolute atomic E-state index is 5.58. The van der Waals surface area contributed by atoms with Crippen molar-refractivity contribution in [2.75, 3.05) is 19.5 Å². The summed E-state index contributed by atoms with van der Waals surface area (Å²) in [5, 5.41) is 0.